The first-order valence-corrected chi connectivity index (χ1v) is 6.58. The van der Waals surface area contributed by atoms with E-state index >= 15 is 0 Å². The molecule has 0 aliphatic carbocycles. The number of thiophene rings is 1. The summed E-state index contributed by atoms with van der Waals surface area (Å²) in [6.07, 6.45) is 1.12. The normalized spacial score (nSPS) is 20.4. The molecule has 1 aromatic rings. The van der Waals surface area contributed by atoms with Gasteiger partial charge in [-0.3, -0.25) is 4.79 Å². The number of rotatable bonds is 3. The molecule has 3 nitrogen and oxygen atoms in total. The highest BCUT2D eigenvalue weighted by Crippen LogP contribution is 2.22. The number of carbonyl (C=O) groups excluding carboxylic acids is 1. The third-order valence-corrected chi connectivity index (χ3v) is 4.13. The summed E-state index contributed by atoms with van der Waals surface area (Å²) in [6, 6.07) is 2.01. The molecule has 4 heteroatoms. The number of amides is 1. The van der Waals surface area contributed by atoms with Gasteiger partial charge in [-0.2, -0.15) is 0 Å². The van der Waals surface area contributed by atoms with Crippen molar-refractivity contribution in [2.75, 3.05) is 26.7 Å². The van der Waals surface area contributed by atoms with Crippen LogP contribution < -0.4 is 5.32 Å². The lowest BCUT2D eigenvalue weighted by Gasteiger charge is -2.16. The summed E-state index contributed by atoms with van der Waals surface area (Å²) in [5.74, 6) is 0.834. The minimum absolute atomic E-state index is 0.214. The van der Waals surface area contributed by atoms with E-state index in [1.165, 1.54) is 0 Å². The Morgan fingerprint density at radius 2 is 2.50 bits per heavy atom. The Kier molecular flexibility index (Phi) is 3.61. The summed E-state index contributed by atoms with van der Waals surface area (Å²) in [6.45, 7) is 4.82. The molecule has 1 unspecified atom stereocenters. The topological polar surface area (TPSA) is 32.3 Å². The highest BCUT2D eigenvalue weighted by atomic mass is 32.1. The van der Waals surface area contributed by atoms with Crippen LogP contribution in [0.15, 0.2) is 11.4 Å². The molecule has 0 saturated carbocycles. The lowest BCUT2D eigenvalue weighted by atomic mass is 10.1. The summed E-state index contributed by atoms with van der Waals surface area (Å²) in [5.41, 5.74) is 1.10. The third-order valence-electron chi connectivity index (χ3n) is 3.12. The average Bonchev–Trinajstić information content (AvgIpc) is 2.87. The van der Waals surface area contributed by atoms with Crippen molar-refractivity contribution in [3.8, 4) is 0 Å². The van der Waals surface area contributed by atoms with E-state index in [2.05, 4.69) is 5.32 Å². The van der Waals surface area contributed by atoms with E-state index in [0.29, 0.717) is 5.92 Å². The number of hydrogen-bond acceptors (Lipinski definition) is 3. The van der Waals surface area contributed by atoms with Crippen LogP contribution in [0.3, 0.4) is 0 Å². The van der Waals surface area contributed by atoms with Crippen LogP contribution in [-0.2, 0) is 0 Å². The quantitative estimate of drug-likeness (QED) is 0.870. The van der Waals surface area contributed by atoms with E-state index in [-0.39, 0.29) is 5.91 Å². The van der Waals surface area contributed by atoms with E-state index in [4.69, 9.17) is 0 Å². The van der Waals surface area contributed by atoms with Gasteiger partial charge in [0.2, 0.25) is 0 Å². The minimum Gasteiger partial charge on any atom is -0.338 e. The van der Waals surface area contributed by atoms with Crippen LogP contribution in [0.5, 0.6) is 0 Å². The molecule has 1 fully saturated rings. The first kappa shape index (κ1) is 11.6. The maximum atomic E-state index is 12.2. The van der Waals surface area contributed by atoms with Crippen molar-refractivity contribution in [3.05, 3.63) is 21.9 Å². The van der Waals surface area contributed by atoms with Crippen molar-refractivity contribution in [2.24, 2.45) is 5.92 Å². The van der Waals surface area contributed by atoms with Crippen LogP contribution in [0, 0.1) is 12.8 Å². The molecule has 1 N–H and O–H groups in total. The van der Waals surface area contributed by atoms with E-state index in [1.807, 2.05) is 30.3 Å². The predicted molar refractivity (Wildman–Crippen MR) is 67.0 cm³/mol. The predicted octanol–water partition coefficient (Wildman–Crippen LogP) is 1.74. The Hall–Kier alpha value is -0.870. The molecule has 0 aromatic carbocycles. The molecule has 2 heterocycles. The van der Waals surface area contributed by atoms with Crippen molar-refractivity contribution in [3.63, 3.8) is 0 Å². The molecule has 1 aliphatic heterocycles. The van der Waals surface area contributed by atoms with Gasteiger partial charge in [0.05, 0.1) is 4.88 Å². The number of likely N-dealkylation sites (tertiary alicyclic amines) is 1. The van der Waals surface area contributed by atoms with Gasteiger partial charge in [-0.15, -0.1) is 11.3 Å². The summed E-state index contributed by atoms with van der Waals surface area (Å²) in [5, 5.41) is 5.17. The second-order valence-electron chi connectivity index (χ2n) is 4.40. The Morgan fingerprint density at radius 1 is 1.69 bits per heavy atom. The van der Waals surface area contributed by atoms with Gasteiger partial charge in [-0.25, -0.2) is 0 Å². The van der Waals surface area contributed by atoms with Crippen LogP contribution in [-0.4, -0.2) is 37.5 Å². The molecule has 1 amide bonds. The average molecular weight is 238 g/mol. The fourth-order valence-corrected chi connectivity index (χ4v) is 3.10. The van der Waals surface area contributed by atoms with Crippen molar-refractivity contribution in [1.82, 2.24) is 10.2 Å². The van der Waals surface area contributed by atoms with Gasteiger partial charge >= 0.3 is 0 Å². The van der Waals surface area contributed by atoms with Crippen LogP contribution in [0.25, 0.3) is 0 Å². The van der Waals surface area contributed by atoms with Gasteiger partial charge in [-0.1, -0.05) is 0 Å². The monoisotopic (exact) mass is 238 g/mol. The number of nitrogens with zero attached hydrogens (tertiary/aromatic N) is 1. The lowest BCUT2D eigenvalue weighted by molar-refractivity contribution is 0.0791. The van der Waals surface area contributed by atoms with Crippen LogP contribution in [0.2, 0.25) is 0 Å². The molecule has 88 valence electrons. The Labute approximate surface area is 100 Å². The highest BCUT2D eigenvalue weighted by Gasteiger charge is 2.27. The summed E-state index contributed by atoms with van der Waals surface area (Å²) in [7, 11) is 1.97. The van der Waals surface area contributed by atoms with E-state index in [0.717, 1.165) is 36.5 Å². The van der Waals surface area contributed by atoms with Gasteiger partial charge in [0.15, 0.2) is 0 Å². The van der Waals surface area contributed by atoms with Gasteiger partial charge in [0, 0.05) is 13.1 Å². The van der Waals surface area contributed by atoms with Crippen LogP contribution in [0.1, 0.15) is 21.7 Å². The van der Waals surface area contributed by atoms with E-state index < -0.39 is 0 Å². The molecule has 1 saturated heterocycles. The van der Waals surface area contributed by atoms with Crippen molar-refractivity contribution in [2.45, 2.75) is 13.3 Å². The SMILES string of the molecule is CNCC1CCN(C(=O)c2sccc2C)C1. The fraction of sp³-hybridized carbons (Fsp3) is 0.583. The van der Waals surface area contributed by atoms with Gasteiger partial charge in [0.25, 0.3) is 5.91 Å². The molecule has 2 rings (SSSR count). The number of nitrogens with one attached hydrogen (secondary N) is 1. The molecular weight excluding hydrogens is 220 g/mol. The zero-order chi connectivity index (χ0) is 11.5. The third kappa shape index (κ3) is 2.28. The van der Waals surface area contributed by atoms with Gasteiger partial charge < -0.3 is 10.2 Å². The highest BCUT2D eigenvalue weighted by molar-refractivity contribution is 7.12. The van der Waals surface area contributed by atoms with Crippen LogP contribution >= 0.6 is 11.3 Å². The second kappa shape index (κ2) is 4.97. The molecule has 0 radical (unpaired) electrons. The zero-order valence-electron chi connectivity index (χ0n) is 9.82. The second-order valence-corrected chi connectivity index (χ2v) is 5.31. The van der Waals surface area contributed by atoms with Gasteiger partial charge in [0.1, 0.15) is 0 Å². The number of aryl methyl sites for hydroxylation is 1. The molecule has 16 heavy (non-hydrogen) atoms. The largest absolute Gasteiger partial charge is 0.338 e. The summed E-state index contributed by atoms with van der Waals surface area (Å²) >= 11 is 1.55. The maximum Gasteiger partial charge on any atom is 0.264 e. The Bertz CT molecular complexity index is 375. The fourth-order valence-electron chi connectivity index (χ4n) is 2.21. The molecule has 0 spiro atoms. The first-order valence-electron chi connectivity index (χ1n) is 5.70. The standard InChI is InChI=1S/C12H18N2OS/c1-9-4-6-16-11(9)12(15)14-5-3-10(8-14)7-13-2/h4,6,10,13H,3,5,7-8H2,1-2H3. The van der Waals surface area contributed by atoms with Gasteiger partial charge in [-0.05, 0) is 49.9 Å². The maximum absolute atomic E-state index is 12.2. The summed E-state index contributed by atoms with van der Waals surface area (Å²) in [4.78, 5) is 15.1. The van der Waals surface area contributed by atoms with Crippen LogP contribution in [0.4, 0.5) is 0 Å². The number of carbonyl (C=O) groups is 1. The zero-order valence-corrected chi connectivity index (χ0v) is 10.6. The Balaban J connectivity index is 2.00. The molecule has 0 bridgehead atoms. The van der Waals surface area contributed by atoms with E-state index in [1.54, 1.807) is 11.3 Å². The molecule has 1 aromatic heterocycles. The first-order chi connectivity index (χ1) is 7.72. The molecular formula is C12H18N2OS. The molecule has 1 aliphatic rings. The molecule has 1 atom stereocenters. The van der Waals surface area contributed by atoms with Crippen molar-refractivity contribution in [1.29, 1.82) is 0 Å². The van der Waals surface area contributed by atoms with Crippen molar-refractivity contribution < 1.29 is 4.79 Å². The lowest BCUT2D eigenvalue weighted by Crippen LogP contribution is -2.30. The minimum atomic E-state index is 0.214. The Morgan fingerprint density at radius 3 is 3.12 bits per heavy atom. The van der Waals surface area contributed by atoms with Crippen molar-refractivity contribution >= 4 is 17.2 Å². The smallest absolute Gasteiger partial charge is 0.264 e. The van der Waals surface area contributed by atoms with E-state index in [9.17, 15) is 4.79 Å². The summed E-state index contributed by atoms with van der Waals surface area (Å²) < 4.78 is 0. The number of hydrogen-bond donors (Lipinski definition) is 1.